The number of sulfonamides is 1. The van der Waals surface area contributed by atoms with Crippen LogP contribution in [0.2, 0.25) is 0 Å². The van der Waals surface area contributed by atoms with Crippen LogP contribution in [0.25, 0.3) is 0 Å². The van der Waals surface area contributed by atoms with Gasteiger partial charge in [0.2, 0.25) is 10.0 Å². The summed E-state index contributed by atoms with van der Waals surface area (Å²) in [4.78, 5) is -0.169. The Morgan fingerprint density at radius 2 is 2.13 bits per heavy atom. The van der Waals surface area contributed by atoms with Gasteiger partial charge in [-0.05, 0) is 31.0 Å². The van der Waals surface area contributed by atoms with E-state index >= 15 is 0 Å². The molecule has 0 aliphatic carbocycles. The van der Waals surface area contributed by atoms with Gasteiger partial charge in [-0.2, -0.15) is 4.31 Å². The molecule has 0 amide bonds. The molecule has 0 spiro atoms. The number of benzene rings is 1. The second kappa shape index (κ2) is 8.79. The van der Waals surface area contributed by atoms with E-state index in [1.807, 2.05) is 0 Å². The second-order valence-electron chi connectivity index (χ2n) is 5.20. The van der Waals surface area contributed by atoms with Crippen molar-refractivity contribution < 1.29 is 22.3 Å². The number of nitrogens with two attached hydrogens (primary N) is 1. The molecule has 0 saturated carbocycles. The van der Waals surface area contributed by atoms with Crippen LogP contribution in [0.5, 0.6) is 5.75 Å². The first-order valence-corrected chi connectivity index (χ1v) is 8.56. The van der Waals surface area contributed by atoms with Crippen LogP contribution in [0.3, 0.4) is 0 Å². The number of ether oxygens (including phenoxy) is 2. The smallest absolute Gasteiger partial charge is 0.246 e. The summed E-state index contributed by atoms with van der Waals surface area (Å²) in [5, 5.41) is 0. The summed E-state index contributed by atoms with van der Waals surface area (Å²) in [6, 6.07) is 3.28. The lowest BCUT2D eigenvalue weighted by Crippen LogP contribution is -2.45. The predicted octanol–water partition coefficient (Wildman–Crippen LogP) is 1.38. The van der Waals surface area contributed by atoms with Crippen molar-refractivity contribution in [2.24, 2.45) is 5.73 Å². The second-order valence-corrected chi connectivity index (χ2v) is 7.10. The van der Waals surface area contributed by atoms with Gasteiger partial charge in [-0.1, -0.05) is 0 Å². The monoisotopic (exact) mass is 368 g/mol. The fourth-order valence-electron chi connectivity index (χ4n) is 2.37. The lowest BCUT2D eigenvalue weighted by molar-refractivity contribution is 0.144. The average Bonchev–Trinajstić information content (AvgIpc) is 2.49. The Bertz CT molecular complexity index is 615. The van der Waals surface area contributed by atoms with E-state index in [-0.39, 0.29) is 42.2 Å². The fraction of sp³-hybridized carbons (Fsp3) is 0.571. The lowest BCUT2D eigenvalue weighted by Gasteiger charge is -2.30. The van der Waals surface area contributed by atoms with Gasteiger partial charge >= 0.3 is 0 Å². The topological polar surface area (TPSA) is 81.9 Å². The van der Waals surface area contributed by atoms with Gasteiger partial charge in [0.25, 0.3) is 0 Å². The zero-order valence-electron chi connectivity index (χ0n) is 12.9. The minimum absolute atomic E-state index is 0. The van der Waals surface area contributed by atoms with E-state index < -0.39 is 15.8 Å². The van der Waals surface area contributed by atoms with E-state index in [1.54, 1.807) is 0 Å². The van der Waals surface area contributed by atoms with Gasteiger partial charge in [-0.3, -0.25) is 0 Å². The molecule has 1 saturated heterocycles. The molecule has 6 nitrogen and oxygen atoms in total. The third-order valence-electron chi connectivity index (χ3n) is 3.49. The Balaban J connectivity index is 0.00000264. The molecule has 0 radical (unpaired) electrons. The van der Waals surface area contributed by atoms with Crippen molar-refractivity contribution in [3.63, 3.8) is 0 Å². The third-order valence-corrected chi connectivity index (χ3v) is 5.38. The van der Waals surface area contributed by atoms with E-state index in [9.17, 15) is 12.8 Å². The first-order valence-electron chi connectivity index (χ1n) is 7.12. The zero-order valence-corrected chi connectivity index (χ0v) is 14.5. The SMILES string of the molecule is COCCOc1ccc(F)cc1S(=O)(=O)N1CCCC(N)C1.Cl. The summed E-state index contributed by atoms with van der Waals surface area (Å²) >= 11 is 0. The van der Waals surface area contributed by atoms with Crippen LogP contribution in [-0.2, 0) is 14.8 Å². The molecule has 1 unspecified atom stereocenters. The van der Waals surface area contributed by atoms with Gasteiger partial charge < -0.3 is 15.2 Å². The summed E-state index contributed by atoms with van der Waals surface area (Å²) in [5.74, 6) is -0.503. The van der Waals surface area contributed by atoms with Gasteiger partial charge in [0, 0.05) is 26.2 Å². The maximum atomic E-state index is 13.5. The number of hydrogen-bond donors (Lipinski definition) is 1. The molecule has 0 aromatic heterocycles. The van der Waals surface area contributed by atoms with Crippen LogP contribution >= 0.6 is 12.4 Å². The largest absolute Gasteiger partial charge is 0.490 e. The lowest BCUT2D eigenvalue weighted by atomic mass is 10.1. The number of nitrogens with zero attached hydrogens (tertiary/aromatic N) is 1. The highest BCUT2D eigenvalue weighted by molar-refractivity contribution is 7.89. The van der Waals surface area contributed by atoms with Gasteiger partial charge in [-0.15, -0.1) is 12.4 Å². The van der Waals surface area contributed by atoms with Crippen molar-refractivity contribution in [1.29, 1.82) is 0 Å². The summed E-state index contributed by atoms with van der Waals surface area (Å²) in [6.45, 7) is 1.11. The van der Waals surface area contributed by atoms with E-state index in [2.05, 4.69) is 0 Å². The summed E-state index contributed by atoms with van der Waals surface area (Å²) in [7, 11) is -2.32. The summed E-state index contributed by atoms with van der Waals surface area (Å²) < 4.78 is 50.6. The van der Waals surface area contributed by atoms with Crippen LogP contribution < -0.4 is 10.5 Å². The van der Waals surface area contributed by atoms with Gasteiger partial charge in [0.05, 0.1) is 6.61 Å². The quantitative estimate of drug-likeness (QED) is 0.767. The summed E-state index contributed by atoms with van der Waals surface area (Å²) in [5.41, 5.74) is 5.84. The van der Waals surface area contributed by atoms with Crippen molar-refractivity contribution in [3.05, 3.63) is 24.0 Å². The Hall–Kier alpha value is -0.930. The number of hydrogen-bond acceptors (Lipinski definition) is 5. The summed E-state index contributed by atoms with van der Waals surface area (Å²) in [6.07, 6.45) is 1.47. The first kappa shape index (κ1) is 20.1. The van der Waals surface area contributed by atoms with Crippen LogP contribution in [0, 0.1) is 5.82 Å². The zero-order chi connectivity index (χ0) is 16.2. The molecule has 2 rings (SSSR count). The minimum atomic E-state index is -3.84. The Morgan fingerprint density at radius 3 is 2.78 bits per heavy atom. The normalized spacial score (nSPS) is 19.2. The van der Waals surface area contributed by atoms with E-state index in [0.29, 0.717) is 19.6 Å². The van der Waals surface area contributed by atoms with Crippen LogP contribution in [0.4, 0.5) is 4.39 Å². The molecule has 2 N–H and O–H groups in total. The van der Waals surface area contributed by atoms with Crippen LogP contribution in [0.15, 0.2) is 23.1 Å². The predicted molar refractivity (Wildman–Crippen MR) is 87.0 cm³/mol. The number of methoxy groups -OCH3 is 1. The molecule has 132 valence electrons. The molecule has 1 aliphatic heterocycles. The third kappa shape index (κ3) is 5.02. The molecule has 0 bridgehead atoms. The molecule has 1 fully saturated rings. The maximum absolute atomic E-state index is 13.5. The molecule has 1 heterocycles. The standard InChI is InChI=1S/C14H21FN2O4S.ClH/c1-20-7-8-21-13-5-4-11(15)9-14(13)22(18,19)17-6-2-3-12(16)10-17;/h4-5,9,12H,2-3,6-8,10,16H2,1H3;1H. The maximum Gasteiger partial charge on any atom is 0.246 e. The minimum Gasteiger partial charge on any atom is -0.490 e. The molecule has 9 heteroatoms. The van der Waals surface area contributed by atoms with Crippen molar-refractivity contribution in [2.45, 2.75) is 23.8 Å². The fourth-order valence-corrected chi connectivity index (χ4v) is 4.05. The highest BCUT2D eigenvalue weighted by atomic mass is 35.5. The Morgan fingerprint density at radius 1 is 1.39 bits per heavy atom. The van der Waals surface area contributed by atoms with E-state index in [0.717, 1.165) is 12.5 Å². The molecule has 1 aliphatic rings. The van der Waals surface area contributed by atoms with Crippen molar-refractivity contribution in [2.75, 3.05) is 33.4 Å². The van der Waals surface area contributed by atoms with Gasteiger partial charge in [0.1, 0.15) is 23.1 Å². The first-order chi connectivity index (χ1) is 10.4. The van der Waals surface area contributed by atoms with Crippen LogP contribution in [-0.4, -0.2) is 52.2 Å². The van der Waals surface area contributed by atoms with Crippen LogP contribution in [0.1, 0.15) is 12.8 Å². The number of halogens is 2. The van der Waals surface area contributed by atoms with Crippen molar-refractivity contribution in [3.8, 4) is 5.75 Å². The molecular weight excluding hydrogens is 347 g/mol. The van der Waals surface area contributed by atoms with Gasteiger partial charge in [-0.25, -0.2) is 12.8 Å². The van der Waals surface area contributed by atoms with E-state index in [4.69, 9.17) is 15.2 Å². The molecule has 1 aromatic rings. The molecular formula is C14H22ClFN2O4S. The molecule has 1 aromatic carbocycles. The molecule has 23 heavy (non-hydrogen) atoms. The van der Waals surface area contributed by atoms with Crippen molar-refractivity contribution >= 4 is 22.4 Å². The van der Waals surface area contributed by atoms with Gasteiger partial charge in [0.15, 0.2) is 0 Å². The molecule has 1 atom stereocenters. The Kier molecular flexibility index (Phi) is 7.69. The van der Waals surface area contributed by atoms with E-state index in [1.165, 1.54) is 23.5 Å². The average molecular weight is 369 g/mol. The highest BCUT2D eigenvalue weighted by Crippen LogP contribution is 2.29. The highest BCUT2D eigenvalue weighted by Gasteiger charge is 2.31. The number of rotatable bonds is 6. The Labute approximate surface area is 142 Å². The number of piperidine rings is 1. The van der Waals surface area contributed by atoms with Crippen molar-refractivity contribution in [1.82, 2.24) is 4.31 Å².